The Morgan fingerprint density at radius 3 is 2.69 bits per heavy atom. The highest BCUT2D eigenvalue weighted by molar-refractivity contribution is 6.01. The van der Waals surface area contributed by atoms with Gasteiger partial charge in [0.1, 0.15) is 11.6 Å². The molecule has 0 aliphatic carbocycles. The second-order valence-electron chi connectivity index (χ2n) is 8.12. The molecule has 3 N–H and O–H groups in total. The van der Waals surface area contributed by atoms with Gasteiger partial charge in [0, 0.05) is 18.7 Å². The van der Waals surface area contributed by atoms with Crippen LogP contribution in [0.2, 0.25) is 0 Å². The number of hydrogen-bond acceptors (Lipinski definition) is 7. The molecule has 1 aromatic heterocycles. The zero-order chi connectivity index (χ0) is 20.6. The fourth-order valence-corrected chi connectivity index (χ4v) is 4.17. The number of nitrogens with zero attached hydrogens (tertiary/aromatic N) is 4. The number of β-amino-alcohol motifs (C(OH)–C–C–N with tert-alkyl or cyclic N) is 1. The van der Waals surface area contributed by atoms with Crippen LogP contribution in [-0.2, 0) is 11.2 Å². The van der Waals surface area contributed by atoms with Crippen molar-refractivity contribution in [1.82, 2.24) is 14.9 Å². The molecule has 162 valence electrons. The molecule has 3 rings (SSSR count). The van der Waals surface area contributed by atoms with Crippen LogP contribution in [0.3, 0.4) is 0 Å². The first-order chi connectivity index (χ1) is 14.1. The third-order valence-corrected chi connectivity index (χ3v) is 5.98. The van der Waals surface area contributed by atoms with Gasteiger partial charge >= 0.3 is 6.01 Å². The predicted octanol–water partition coefficient (Wildman–Crippen LogP) is 2.00. The van der Waals surface area contributed by atoms with Gasteiger partial charge in [0.15, 0.2) is 0 Å². The molecule has 1 amide bonds. The highest BCUT2D eigenvalue weighted by Crippen LogP contribution is 2.32. The number of carbonyl (C=O) groups is 1. The van der Waals surface area contributed by atoms with Gasteiger partial charge in [-0.05, 0) is 44.7 Å². The minimum atomic E-state index is 0.0454. The smallest absolute Gasteiger partial charge is 0.320 e. The number of likely N-dealkylation sites (tertiary alicyclic amines) is 1. The van der Waals surface area contributed by atoms with Crippen molar-refractivity contribution in [2.75, 3.05) is 50.0 Å². The number of fused-ring (bicyclic) bond motifs is 1. The first-order valence-electron chi connectivity index (χ1n) is 11.0. The van der Waals surface area contributed by atoms with Gasteiger partial charge in [-0.25, -0.2) is 0 Å². The van der Waals surface area contributed by atoms with Crippen molar-refractivity contribution in [1.29, 1.82) is 0 Å². The SMILES string of the molecule is CCCCOc1nc(N)c2c(n1)N(CCCCC1CCN(CCO)CC1)C(=O)C2. The maximum atomic E-state index is 12.5. The molecule has 0 atom stereocenters. The van der Waals surface area contributed by atoms with Crippen LogP contribution in [0, 0.1) is 5.92 Å². The maximum Gasteiger partial charge on any atom is 0.320 e. The first kappa shape index (κ1) is 21.8. The van der Waals surface area contributed by atoms with Gasteiger partial charge < -0.3 is 20.5 Å². The highest BCUT2D eigenvalue weighted by atomic mass is 16.5. The van der Waals surface area contributed by atoms with Crippen LogP contribution in [0.4, 0.5) is 11.6 Å². The molecule has 0 unspecified atom stereocenters. The van der Waals surface area contributed by atoms with E-state index in [1.54, 1.807) is 4.90 Å². The second-order valence-corrected chi connectivity index (χ2v) is 8.12. The Bertz CT molecular complexity index is 677. The zero-order valence-corrected chi connectivity index (χ0v) is 17.6. The molecule has 0 bridgehead atoms. The van der Waals surface area contributed by atoms with E-state index in [2.05, 4.69) is 21.8 Å². The molecule has 29 heavy (non-hydrogen) atoms. The molecule has 0 saturated carbocycles. The Kier molecular flexibility index (Phi) is 8.06. The fraction of sp³-hybridized carbons (Fsp3) is 0.762. The van der Waals surface area contributed by atoms with E-state index in [1.165, 1.54) is 19.3 Å². The highest BCUT2D eigenvalue weighted by Gasteiger charge is 2.32. The summed E-state index contributed by atoms with van der Waals surface area (Å²) >= 11 is 0. The number of carbonyl (C=O) groups excluding carboxylic acids is 1. The lowest BCUT2D eigenvalue weighted by Gasteiger charge is -2.31. The minimum Gasteiger partial charge on any atom is -0.463 e. The number of anilines is 2. The maximum absolute atomic E-state index is 12.5. The number of aliphatic hydroxyl groups is 1. The van der Waals surface area contributed by atoms with Gasteiger partial charge in [-0.3, -0.25) is 9.69 Å². The summed E-state index contributed by atoms with van der Waals surface area (Å²) in [5, 5.41) is 9.04. The number of hydrogen-bond donors (Lipinski definition) is 2. The van der Waals surface area contributed by atoms with E-state index < -0.39 is 0 Å². The van der Waals surface area contributed by atoms with E-state index in [9.17, 15) is 4.79 Å². The Morgan fingerprint density at radius 2 is 1.97 bits per heavy atom. The molecule has 2 aliphatic heterocycles. The number of nitrogen functional groups attached to an aromatic ring is 1. The summed E-state index contributed by atoms with van der Waals surface area (Å²) in [7, 11) is 0. The lowest BCUT2D eigenvalue weighted by molar-refractivity contribution is -0.117. The summed E-state index contributed by atoms with van der Waals surface area (Å²) in [6, 6.07) is 0.268. The Morgan fingerprint density at radius 1 is 1.17 bits per heavy atom. The number of unbranched alkanes of at least 4 members (excludes halogenated alkanes) is 2. The quantitative estimate of drug-likeness (QED) is 0.543. The van der Waals surface area contributed by atoms with Gasteiger partial charge in [-0.15, -0.1) is 0 Å². The molecule has 1 fully saturated rings. The van der Waals surface area contributed by atoms with Crippen LogP contribution in [0.25, 0.3) is 0 Å². The molecule has 0 spiro atoms. The standard InChI is InChI=1S/C21H35N5O3/c1-2-3-14-29-21-23-19(22)17-15-18(28)26(20(17)24-21)9-5-4-6-16-7-10-25(11-8-16)12-13-27/h16,27H,2-15H2,1H3,(H2,22,23,24). The van der Waals surface area contributed by atoms with E-state index in [-0.39, 0.29) is 24.9 Å². The molecule has 8 nitrogen and oxygen atoms in total. The minimum absolute atomic E-state index is 0.0454. The van der Waals surface area contributed by atoms with Crippen LogP contribution in [-0.4, -0.2) is 65.3 Å². The summed E-state index contributed by atoms with van der Waals surface area (Å²) in [4.78, 5) is 25.3. The zero-order valence-electron chi connectivity index (χ0n) is 17.6. The van der Waals surface area contributed by atoms with Crippen molar-refractivity contribution in [3.05, 3.63) is 5.56 Å². The van der Waals surface area contributed by atoms with Crippen LogP contribution < -0.4 is 15.4 Å². The number of ether oxygens (including phenoxy) is 1. The molecular formula is C21H35N5O3. The van der Waals surface area contributed by atoms with Crippen molar-refractivity contribution >= 4 is 17.5 Å². The van der Waals surface area contributed by atoms with E-state index >= 15 is 0 Å². The lowest BCUT2D eigenvalue weighted by Crippen LogP contribution is -2.35. The summed E-state index contributed by atoms with van der Waals surface area (Å²) < 4.78 is 5.61. The van der Waals surface area contributed by atoms with Crippen LogP contribution >= 0.6 is 0 Å². The number of amides is 1. The Labute approximate surface area is 173 Å². The Balaban J connectivity index is 1.48. The largest absolute Gasteiger partial charge is 0.463 e. The van der Waals surface area contributed by atoms with Crippen LogP contribution in [0.5, 0.6) is 6.01 Å². The summed E-state index contributed by atoms with van der Waals surface area (Å²) in [5.41, 5.74) is 6.79. The van der Waals surface area contributed by atoms with Crippen molar-refractivity contribution in [3.8, 4) is 6.01 Å². The average molecular weight is 406 g/mol. The van der Waals surface area contributed by atoms with Gasteiger partial charge in [-0.1, -0.05) is 26.2 Å². The number of nitrogens with two attached hydrogens (primary N) is 1. The number of aromatic nitrogens is 2. The number of aliphatic hydroxyl groups excluding tert-OH is 1. The van der Waals surface area contributed by atoms with Crippen molar-refractivity contribution in [2.45, 2.75) is 58.3 Å². The molecule has 2 aliphatic rings. The summed E-state index contributed by atoms with van der Waals surface area (Å²) in [6.45, 7) is 6.52. The van der Waals surface area contributed by atoms with Crippen molar-refractivity contribution < 1.29 is 14.6 Å². The Hall–Kier alpha value is -1.93. The van der Waals surface area contributed by atoms with E-state index in [1.807, 2.05) is 0 Å². The summed E-state index contributed by atoms with van der Waals surface area (Å²) in [6.07, 6.45) is 7.90. The molecule has 3 heterocycles. The van der Waals surface area contributed by atoms with Gasteiger partial charge in [0.2, 0.25) is 5.91 Å². The molecule has 1 saturated heterocycles. The number of rotatable bonds is 11. The van der Waals surface area contributed by atoms with E-state index in [0.717, 1.165) is 56.8 Å². The average Bonchev–Trinajstić information content (AvgIpc) is 3.03. The first-order valence-corrected chi connectivity index (χ1v) is 11.0. The molecular weight excluding hydrogens is 370 g/mol. The molecule has 1 aromatic rings. The van der Waals surface area contributed by atoms with Crippen molar-refractivity contribution in [2.24, 2.45) is 5.92 Å². The topological polar surface area (TPSA) is 105 Å². The van der Waals surface area contributed by atoms with E-state index in [4.69, 9.17) is 15.6 Å². The number of piperidine rings is 1. The van der Waals surface area contributed by atoms with Gasteiger partial charge in [0.05, 0.1) is 19.6 Å². The van der Waals surface area contributed by atoms with Gasteiger partial charge in [-0.2, -0.15) is 9.97 Å². The van der Waals surface area contributed by atoms with Crippen molar-refractivity contribution in [3.63, 3.8) is 0 Å². The second kappa shape index (κ2) is 10.7. The third-order valence-electron chi connectivity index (χ3n) is 5.98. The predicted molar refractivity (Wildman–Crippen MR) is 113 cm³/mol. The van der Waals surface area contributed by atoms with E-state index in [0.29, 0.717) is 24.8 Å². The lowest BCUT2D eigenvalue weighted by atomic mass is 9.91. The van der Waals surface area contributed by atoms with Crippen LogP contribution in [0.15, 0.2) is 0 Å². The normalized spacial score (nSPS) is 17.7. The summed E-state index contributed by atoms with van der Waals surface area (Å²) in [5.74, 6) is 1.78. The molecule has 0 aromatic carbocycles. The molecule has 8 heteroatoms. The van der Waals surface area contributed by atoms with Gasteiger partial charge in [0.25, 0.3) is 0 Å². The monoisotopic (exact) mass is 405 g/mol. The fourth-order valence-electron chi connectivity index (χ4n) is 4.17. The molecule has 0 radical (unpaired) electrons. The third kappa shape index (κ3) is 5.79. The van der Waals surface area contributed by atoms with Crippen LogP contribution in [0.1, 0.15) is 57.4 Å².